The number of anilines is 1. The zero-order valence-electron chi connectivity index (χ0n) is 14.2. The largest absolute Gasteiger partial charge is 0.465 e. The zero-order chi connectivity index (χ0) is 18.9. The van der Waals surface area contributed by atoms with Crippen LogP contribution in [0.25, 0.3) is 0 Å². The molecule has 0 aliphatic carbocycles. The number of aliphatic hydroxyl groups is 1. The third kappa shape index (κ3) is 4.04. The molecule has 2 fully saturated rings. The Balaban J connectivity index is 1.85. The number of benzene rings is 1. The van der Waals surface area contributed by atoms with Crippen molar-refractivity contribution in [2.45, 2.75) is 25.2 Å². The molecule has 1 aromatic carbocycles. The van der Waals surface area contributed by atoms with Gasteiger partial charge in [0.2, 0.25) is 0 Å². The summed E-state index contributed by atoms with van der Waals surface area (Å²) in [6, 6.07) is 4.14. The molecule has 1 amide bonds. The second-order valence-electron chi connectivity index (χ2n) is 6.74. The predicted molar refractivity (Wildman–Crippen MR) is 89.2 cm³/mol. The fourth-order valence-electron chi connectivity index (χ4n) is 3.58. The Bertz CT molecular complexity index is 660. The number of carbonyl (C=O) groups is 1. The maximum absolute atomic E-state index is 13.5. The predicted octanol–water partition coefficient (Wildman–Crippen LogP) is 2.07. The maximum Gasteiger partial charge on any atom is 0.416 e. The molecule has 2 aliphatic rings. The van der Waals surface area contributed by atoms with E-state index in [0.29, 0.717) is 38.3 Å². The number of nitrogens with zero attached hydrogens (tertiary/aromatic N) is 3. The molecular formula is C17H22F3N3O3. The molecule has 26 heavy (non-hydrogen) atoms. The van der Waals surface area contributed by atoms with Gasteiger partial charge in [-0.25, -0.2) is 4.79 Å². The first-order chi connectivity index (χ1) is 12.3. The Kier molecular flexibility index (Phi) is 5.29. The Morgan fingerprint density at radius 1 is 1.15 bits per heavy atom. The van der Waals surface area contributed by atoms with Gasteiger partial charge in [-0.2, -0.15) is 13.2 Å². The average Bonchev–Trinajstić information content (AvgIpc) is 3.01. The molecule has 0 bridgehead atoms. The van der Waals surface area contributed by atoms with Gasteiger partial charge in [-0.05, 0) is 18.6 Å². The molecule has 2 saturated heterocycles. The molecule has 0 aromatic heterocycles. The second kappa shape index (κ2) is 7.32. The fourth-order valence-corrected chi connectivity index (χ4v) is 3.58. The van der Waals surface area contributed by atoms with Gasteiger partial charge in [0.15, 0.2) is 0 Å². The van der Waals surface area contributed by atoms with E-state index in [1.54, 1.807) is 11.0 Å². The minimum Gasteiger partial charge on any atom is -0.465 e. The summed E-state index contributed by atoms with van der Waals surface area (Å²) in [4.78, 5) is 15.9. The van der Waals surface area contributed by atoms with Crippen molar-refractivity contribution in [2.75, 3.05) is 44.2 Å². The smallest absolute Gasteiger partial charge is 0.416 e. The third-order valence-electron chi connectivity index (χ3n) is 4.99. The maximum atomic E-state index is 13.5. The van der Waals surface area contributed by atoms with E-state index in [9.17, 15) is 23.1 Å². The van der Waals surface area contributed by atoms with Gasteiger partial charge in [-0.1, -0.05) is 6.07 Å². The minimum absolute atomic E-state index is 0.102. The number of alkyl halides is 3. The lowest BCUT2D eigenvalue weighted by Crippen LogP contribution is -2.48. The summed E-state index contributed by atoms with van der Waals surface area (Å²) >= 11 is 0. The third-order valence-corrected chi connectivity index (χ3v) is 4.99. The van der Waals surface area contributed by atoms with Gasteiger partial charge in [-0.15, -0.1) is 0 Å². The van der Waals surface area contributed by atoms with Crippen molar-refractivity contribution in [1.29, 1.82) is 0 Å². The highest BCUT2D eigenvalue weighted by molar-refractivity contribution is 5.65. The van der Waals surface area contributed by atoms with E-state index in [4.69, 9.17) is 5.11 Å². The number of amides is 1. The Morgan fingerprint density at radius 2 is 1.85 bits per heavy atom. The monoisotopic (exact) mass is 373 g/mol. The van der Waals surface area contributed by atoms with Gasteiger partial charge in [0.05, 0.1) is 11.7 Å². The highest BCUT2D eigenvalue weighted by atomic mass is 19.4. The van der Waals surface area contributed by atoms with Crippen LogP contribution in [0.2, 0.25) is 0 Å². The van der Waals surface area contributed by atoms with Crippen molar-refractivity contribution in [1.82, 2.24) is 9.80 Å². The molecule has 2 N–H and O–H groups in total. The van der Waals surface area contributed by atoms with Crippen LogP contribution in [-0.4, -0.2) is 71.5 Å². The van der Waals surface area contributed by atoms with E-state index in [2.05, 4.69) is 0 Å². The Labute approximate surface area is 149 Å². The minimum atomic E-state index is -4.47. The summed E-state index contributed by atoms with van der Waals surface area (Å²) in [6.07, 6.45) is -5.47. The number of piperazine rings is 1. The van der Waals surface area contributed by atoms with Gasteiger partial charge in [-0.3, -0.25) is 4.90 Å². The van der Waals surface area contributed by atoms with Crippen molar-refractivity contribution < 1.29 is 28.2 Å². The molecule has 1 atom stereocenters. The molecule has 1 aromatic rings. The van der Waals surface area contributed by atoms with Crippen molar-refractivity contribution in [3.8, 4) is 0 Å². The van der Waals surface area contributed by atoms with Gasteiger partial charge < -0.3 is 20.0 Å². The number of aliphatic hydroxyl groups excluding tert-OH is 1. The van der Waals surface area contributed by atoms with Crippen molar-refractivity contribution in [2.24, 2.45) is 0 Å². The van der Waals surface area contributed by atoms with Crippen LogP contribution in [0.1, 0.15) is 17.5 Å². The van der Waals surface area contributed by atoms with Gasteiger partial charge in [0, 0.05) is 57.1 Å². The first-order valence-electron chi connectivity index (χ1n) is 8.58. The molecule has 6 nitrogen and oxygen atoms in total. The van der Waals surface area contributed by atoms with E-state index < -0.39 is 23.9 Å². The lowest BCUT2D eigenvalue weighted by Gasteiger charge is -2.34. The molecule has 2 aliphatic heterocycles. The van der Waals surface area contributed by atoms with Crippen LogP contribution in [0.3, 0.4) is 0 Å². The molecule has 144 valence electrons. The van der Waals surface area contributed by atoms with Crippen LogP contribution in [-0.2, 0) is 12.7 Å². The average molecular weight is 373 g/mol. The van der Waals surface area contributed by atoms with Crippen LogP contribution in [0.5, 0.6) is 0 Å². The zero-order valence-corrected chi connectivity index (χ0v) is 14.2. The number of rotatable bonds is 3. The van der Waals surface area contributed by atoms with Crippen LogP contribution in [0.4, 0.5) is 23.7 Å². The van der Waals surface area contributed by atoms with Gasteiger partial charge in [0.1, 0.15) is 0 Å². The highest BCUT2D eigenvalue weighted by Crippen LogP contribution is 2.38. The van der Waals surface area contributed by atoms with Gasteiger partial charge in [0.25, 0.3) is 0 Å². The Morgan fingerprint density at radius 3 is 2.38 bits per heavy atom. The van der Waals surface area contributed by atoms with E-state index in [1.165, 1.54) is 11.0 Å². The van der Waals surface area contributed by atoms with Crippen LogP contribution >= 0.6 is 0 Å². The first kappa shape index (κ1) is 18.8. The molecule has 0 unspecified atom stereocenters. The van der Waals surface area contributed by atoms with Crippen molar-refractivity contribution in [3.05, 3.63) is 29.3 Å². The topological polar surface area (TPSA) is 67.2 Å². The Hall–Kier alpha value is -2.00. The summed E-state index contributed by atoms with van der Waals surface area (Å²) in [5.41, 5.74) is 0.0203. The quantitative estimate of drug-likeness (QED) is 0.849. The van der Waals surface area contributed by atoms with E-state index in [0.717, 1.165) is 6.07 Å². The summed E-state index contributed by atoms with van der Waals surface area (Å²) in [5.74, 6) is 0. The normalized spacial score (nSPS) is 22.1. The van der Waals surface area contributed by atoms with Crippen LogP contribution < -0.4 is 4.90 Å². The summed E-state index contributed by atoms with van der Waals surface area (Å²) in [7, 11) is 0. The number of carboxylic acid groups (broad SMARTS) is 1. The highest BCUT2D eigenvalue weighted by Gasteiger charge is 2.36. The SMILES string of the molecule is O=C(O)N1CCN(Cc2c(N3CC[C@H](O)C3)cccc2C(F)(F)F)CC1. The summed E-state index contributed by atoms with van der Waals surface area (Å²) in [6.45, 7) is 2.28. The van der Waals surface area contributed by atoms with E-state index in [-0.39, 0.29) is 25.2 Å². The molecule has 0 spiro atoms. The van der Waals surface area contributed by atoms with Crippen molar-refractivity contribution >= 4 is 11.8 Å². The summed E-state index contributed by atoms with van der Waals surface area (Å²) < 4.78 is 40.6. The number of hydrogen-bond acceptors (Lipinski definition) is 4. The molecule has 3 rings (SSSR count). The summed E-state index contributed by atoms with van der Waals surface area (Å²) in [5, 5.41) is 18.8. The van der Waals surface area contributed by atoms with E-state index in [1.807, 2.05) is 4.90 Å². The second-order valence-corrected chi connectivity index (χ2v) is 6.74. The number of halogens is 3. The molecular weight excluding hydrogens is 351 g/mol. The standard InChI is InChI=1S/C17H22F3N3O3/c18-17(19,20)14-2-1-3-15(23-5-4-12(24)10-23)13(14)11-21-6-8-22(9-7-21)16(25)26/h1-3,12,24H,4-11H2,(H,25,26)/t12-/m0/s1. The first-order valence-corrected chi connectivity index (χ1v) is 8.58. The lowest BCUT2D eigenvalue weighted by atomic mass is 10.0. The molecule has 0 radical (unpaired) electrons. The van der Waals surface area contributed by atoms with Crippen LogP contribution in [0.15, 0.2) is 18.2 Å². The van der Waals surface area contributed by atoms with Gasteiger partial charge >= 0.3 is 12.3 Å². The molecule has 2 heterocycles. The number of β-amino-alcohol motifs (C(OH)–C–C–N with tert-alkyl or cyclic N) is 1. The van der Waals surface area contributed by atoms with E-state index >= 15 is 0 Å². The van der Waals surface area contributed by atoms with Crippen molar-refractivity contribution in [3.63, 3.8) is 0 Å². The lowest BCUT2D eigenvalue weighted by molar-refractivity contribution is -0.138. The molecule has 9 heteroatoms. The number of hydrogen-bond donors (Lipinski definition) is 2. The van der Waals surface area contributed by atoms with Crippen LogP contribution in [0, 0.1) is 0 Å². The molecule has 0 saturated carbocycles. The fraction of sp³-hybridized carbons (Fsp3) is 0.588.